The quantitative estimate of drug-likeness (QED) is 0.197. The summed E-state index contributed by atoms with van der Waals surface area (Å²) in [4.78, 5) is 33.2. The Kier molecular flexibility index (Phi) is 9.18. The van der Waals surface area contributed by atoms with Crippen molar-refractivity contribution in [1.29, 1.82) is 0 Å². The van der Waals surface area contributed by atoms with Crippen LogP contribution in [0.25, 0.3) is 6.08 Å². The number of ether oxygens (including phenoxy) is 3. The molecule has 1 aliphatic heterocycles. The summed E-state index contributed by atoms with van der Waals surface area (Å²) in [6.07, 6.45) is 1.80. The first-order valence-corrected chi connectivity index (χ1v) is 16.0. The van der Waals surface area contributed by atoms with E-state index in [2.05, 4.69) is 21.2 Å². The lowest BCUT2D eigenvalue weighted by atomic mass is 9.95. The zero-order valence-corrected chi connectivity index (χ0v) is 27.7. The molecule has 4 aromatic carbocycles. The Bertz CT molecular complexity index is 2120. The van der Waals surface area contributed by atoms with Crippen molar-refractivity contribution in [3.05, 3.63) is 149 Å². The highest BCUT2D eigenvalue weighted by Gasteiger charge is 2.33. The molecule has 0 fully saturated rings. The van der Waals surface area contributed by atoms with Crippen LogP contribution in [0.4, 0.5) is 5.69 Å². The van der Waals surface area contributed by atoms with E-state index in [1.165, 1.54) is 11.3 Å². The van der Waals surface area contributed by atoms with Crippen LogP contribution in [0.1, 0.15) is 29.7 Å². The number of carbonyl (C=O) groups excluding carboxylic acids is 1. The number of rotatable bonds is 9. The fraction of sp³-hybridized carbons (Fsp3) is 0.139. The summed E-state index contributed by atoms with van der Waals surface area (Å²) in [5, 5.41) is 2.97. The number of hydrogen-bond donors (Lipinski definition) is 1. The number of methoxy groups -OCH3 is 2. The summed E-state index contributed by atoms with van der Waals surface area (Å²) in [5.41, 5.74) is 3.76. The van der Waals surface area contributed by atoms with Gasteiger partial charge < -0.3 is 19.5 Å². The molecule has 0 spiro atoms. The minimum Gasteiger partial charge on any atom is -0.497 e. The molecule has 1 atom stereocenters. The predicted molar refractivity (Wildman–Crippen MR) is 183 cm³/mol. The van der Waals surface area contributed by atoms with Crippen molar-refractivity contribution < 1.29 is 19.0 Å². The summed E-state index contributed by atoms with van der Waals surface area (Å²) in [7, 11) is 3.16. The molecule has 0 saturated carbocycles. The van der Waals surface area contributed by atoms with Gasteiger partial charge in [0.05, 0.1) is 40.5 Å². The Labute approximate surface area is 278 Å². The van der Waals surface area contributed by atoms with E-state index in [0.29, 0.717) is 54.6 Å². The number of thiazole rings is 1. The Morgan fingerprint density at radius 1 is 0.978 bits per heavy atom. The molecule has 1 N–H and O–H groups in total. The minimum atomic E-state index is -0.729. The van der Waals surface area contributed by atoms with Crippen molar-refractivity contribution >= 4 is 44.9 Å². The molecule has 1 aliphatic rings. The molecule has 0 radical (unpaired) electrons. The van der Waals surface area contributed by atoms with Gasteiger partial charge in [0.15, 0.2) is 16.3 Å². The van der Waals surface area contributed by atoms with Crippen LogP contribution in [-0.4, -0.2) is 24.7 Å². The first-order valence-electron chi connectivity index (χ1n) is 14.4. The van der Waals surface area contributed by atoms with Crippen LogP contribution in [0, 0.1) is 0 Å². The van der Waals surface area contributed by atoms with Gasteiger partial charge in [-0.2, -0.15) is 0 Å². The van der Waals surface area contributed by atoms with Gasteiger partial charge in [0.25, 0.3) is 11.5 Å². The van der Waals surface area contributed by atoms with Crippen molar-refractivity contribution in [2.24, 2.45) is 4.99 Å². The van der Waals surface area contributed by atoms with Crippen molar-refractivity contribution in [2.45, 2.75) is 19.6 Å². The molecular formula is C36H30BrN3O5S. The second-order valence-corrected chi connectivity index (χ2v) is 12.4. The number of halogens is 1. The molecular weight excluding hydrogens is 666 g/mol. The maximum Gasteiger partial charge on any atom is 0.271 e. The molecule has 0 aliphatic carbocycles. The Hall–Kier alpha value is -4.93. The predicted octanol–water partition coefficient (Wildman–Crippen LogP) is 6.23. The number of hydrogen-bond acceptors (Lipinski definition) is 7. The van der Waals surface area contributed by atoms with Gasteiger partial charge in [-0.15, -0.1) is 0 Å². The normalized spacial score (nSPS) is 14.3. The van der Waals surface area contributed by atoms with E-state index in [1.54, 1.807) is 31.8 Å². The van der Waals surface area contributed by atoms with Gasteiger partial charge in [0.2, 0.25) is 0 Å². The largest absolute Gasteiger partial charge is 0.497 e. The fourth-order valence-corrected chi connectivity index (χ4v) is 6.92. The summed E-state index contributed by atoms with van der Waals surface area (Å²) in [6.45, 7) is 2.16. The first kappa shape index (κ1) is 31.1. The number of benzene rings is 4. The molecule has 1 aromatic heterocycles. The van der Waals surface area contributed by atoms with Crippen LogP contribution in [0.5, 0.6) is 17.2 Å². The first-order chi connectivity index (χ1) is 22.4. The molecule has 0 saturated heterocycles. The van der Waals surface area contributed by atoms with Gasteiger partial charge in [0.1, 0.15) is 12.4 Å². The number of fused-ring (bicyclic) bond motifs is 1. The third kappa shape index (κ3) is 6.40. The molecule has 0 unspecified atom stereocenters. The topological polar surface area (TPSA) is 91.2 Å². The lowest BCUT2D eigenvalue weighted by Crippen LogP contribution is -2.40. The van der Waals surface area contributed by atoms with Crippen LogP contribution in [0.3, 0.4) is 0 Å². The average Bonchev–Trinajstić information content (AvgIpc) is 3.37. The van der Waals surface area contributed by atoms with Crippen LogP contribution in [0.2, 0.25) is 0 Å². The summed E-state index contributed by atoms with van der Waals surface area (Å²) in [5.74, 6) is 1.36. The van der Waals surface area contributed by atoms with Crippen LogP contribution < -0.4 is 34.4 Å². The number of aromatic nitrogens is 1. The highest BCUT2D eigenvalue weighted by molar-refractivity contribution is 9.10. The molecule has 6 rings (SSSR count). The van der Waals surface area contributed by atoms with Gasteiger partial charge in [-0.25, -0.2) is 4.99 Å². The van der Waals surface area contributed by atoms with Gasteiger partial charge in [0, 0.05) is 5.69 Å². The molecule has 1 amide bonds. The van der Waals surface area contributed by atoms with Crippen molar-refractivity contribution in [1.82, 2.24) is 4.57 Å². The lowest BCUT2D eigenvalue weighted by molar-refractivity contribution is -0.113. The molecule has 8 nitrogen and oxygen atoms in total. The molecule has 2 heterocycles. The second kappa shape index (κ2) is 13.6. The molecule has 232 valence electrons. The smallest absolute Gasteiger partial charge is 0.271 e. The average molecular weight is 697 g/mol. The van der Waals surface area contributed by atoms with Crippen LogP contribution in [-0.2, 0) is 11.4 Å². The lowest BCUT2D eigenvalue weighted by Gasteiger charge is -2.25. The van der Waals surface area contributed by atoms with Gasteiger partial charge in [-0.05, 0) is 82.0 Å². The van der Waals surface area contributed by atoms with Crippen molar-refractivity contribution in [2.75, 3.05) is 19.5 Å². The summed E-state index contributed by atoms with van der Waals surface area (Å²) < 4.78 is 20.0. The fourth-order valence-electron chi connectivity index (χ4n) is 5.30. The zero-order valence-electron chi connectivity index (χ0n) is 25.3. The molecule has 0 bridgehead atoms. The highest BCUT2D eigenvalue weighted by atomic mass is 79.9. The number of carbonyl (C=O) groups is 1. The number of anilines is 1. The number of para-hydroxylation sites is 1. The second-order valence-electron chi connectivity index (χ2n) is 10.5. The third-order valence-corrected chi connectivity index (χ3v) is 9.06. The molecule has 5 aromatic rings. The van der Waals surface area contributed by atoms with E-state index in [-0.39, 0.29) is 11.5 Å². The van der Waals surface area contributed by atoms with E-state index in [9.17, 15) is 9.59 Å². The number of amides is 1. The Morgan fingerprint density at radius 3 is 2.43 bits per heavy atom. The maximum absolute atomic E-state index is 14.2. The number of nitrogens with zero attached hydrogens (tertiary/aromatic N) is 2. The van der Waals surface area contributed by atoms with Gasteiger partial charge >= 0.3 is 0 Å². The van der Waals surface area contributed by atoms with E-state index in [1.807, 2.05) is 97.1 Å². The standard InChI is InChI=1S/C36H30BrN3O5S/c1-22-31(34(41)39-26-14-8-5-9-15-26)32(25-13-10-16-27(20-25)43-2)40-35(42)30(46-36(40)38-22)19-24-17-28(37)33(29(18-24)44-3)45-21-23-11-6-4-7-12-23/h4-20,32H,21H2,1-3H3,(H,39,41)/b30-19-/t32-/m1/s1. The Morgan fingerprint density at radius 2 is 1.72 bits per heavy atom. The number of allylic oxidation sites excluding steroid dienone is 1. The molecule has 46 heavy (non-hydrogen) atoms. The van der Waals surface area contributed by atoms with E-state index < -0.39 is 6.04 Å². The van der Waals surface area contributed by atoms with Gasteiger partial charge in [-0.3, -0.25) is 14.2 Å². The van der Waals surface area contributed by atoms with E-state index >= 15 is 0 Å². The number of nitrogens with one attached hydrogen (secondary N) is 1. The van der Waals surface area contributed by atoms with Crippen molar-refractivity contribution in [3.63, 3.8) is 0 Å². The zero-order chi connectivity index (χ0) is 32.2. The summed E-state index contributed by atoms with van der Waals surface area (Å²) in [6, 6.07) is 29.4. The summed E-state index contributed by atoms with van der Waals surface area (Å²) >= 11 is 4.89. The van der Waals surface area contributed by atoms with Crippen LogP contribution >= 0.6 is 27.3 Å². The van der Waals surface area contributed by atoms with Crippen LogP contribution in [0.15, 0.2) is 123 Å². The third-order valence-electron chi connectivity index (χ3n) is 7.48. The van der Waals surface area contributed by atoms with Crippen molar-refractivity contribution in [3.8, 4) is 17.2 Å². The monoisotopic (exact) mass is 695 g/mol. The molecule has 10 heteroatoms. The van der Waals surface area contributed by atoms with E-state index in [4.69, 9.17) is 19.2 Å². The maximum atomic E-state index is 14.2. The van der Waals surface area contributed by atoms with Gasteiger partial charge in [-0.1, -0.05) is 72.0 Å². The minimum absolute atomic E-state index is 0.270. The highest BCUT2D eigenvalue weighted by Crippen LogP contribution is 2.37. The SMILES string of the molecule is COc1cccc([C@@H]2C(C(=O)Nc3ccccc3)=C(C)N=c3s/c(=C\c4cc(Br)c(OCc5ccccc5)c(OC)c4)c(=O)n32)c1. The Balaban J connectivity index is 1.42. The van der Waals surface area contributed by atoms with E-state index in [0.717, 1.165) is 16.7 Å².